The monoisotopic (exact) mass is 1310 g/mol. The number of aliphatic hydroxyl groups excluding tert-OH is 1. The Labute approximate surface area is 543 Å². The van der Waals surface area contributed by atoms with E-state index in [-0.39, 0.29) is 25.7 Å². The molecule has 0 aromatic carbocycles. The van der Waals surface area contributed by atoms with E-state index in [0.29, 0.717) is 25.7 Å². The van der Waals surface area contributed by atoms with Crippen LogP contribution in [0.25, 0.3) is 0 Å². The van der Waals surface area contributed by atoms with Crippen LogP contribution in [0.1, 0.15) is 350 Å². The molecule has 0 radical (unpaired) electrons. The summed E-state index contributed by atoms with van der Waals surface area (Å²) in [7, 11) is -9.90. The molecule has 3 N–H and O–H groups in total. The fraction of sp³-hybridized carbons (Fsp3) is 0.943. The van der Waals surface area contributed by atoms with E-state index < -0.39 is 97.5 Å². The number of rotatable bonds is 68. The number of esters is 4. The number of hydrogen-bond acceptors (Lipinski definition) is 15. The lowest BCUT2D eigenvalue weighted by Gasteiger charge is -2.21. The second-order valence-electron chi connectivity index (χ2n) is 26.2. The Balaban J connectivity index is 5.27. The van der Waals surface area contributed by atoms with Crippen LogP contribution in [0.4, 0.5) is 0 Å². The van der Waals surface area contributed by atoms with Crippen LogP contribution in [0.2, 0.25) is 0 Å². The molecule has 0 aliphatic rings. The van der Waals surface area contributed by atoms with Gasteiger partial charge in [0.25, 0.3) is 0 Å². The molecule has 0 saturated carbocycles. The number of aliphatic hydroxyl groups is 1. The van der Waals surface area contributed by atoms with Crippen LogP contribution in [-0.4, -0.2) is 96.7 Å². The molecular weight excluding hydrogens is 1170 g/mol. The first-order valence-corrected chi connectivity index (χ1v) is 39.4. The van der Waals surface area contributed by atoms with E-state index in [1.807, 2.05) is 0 Å². The van der Waals surface area contributed by atoms with Crippen LogP contribution in [0.15, 0.2) is 0 Å². The van der Waals surface area contributed by atoms with Crippen molar-refractivity contribution in [2.24, 2.45) is 17.8 Å². The Morgan fingerprint density at radius 1 is 0.326 bits per heavy atom. The van der Waals surface area contributed by atoms with Crippen LogP contribution >= 0.6 is 15.6 Å². The van der Waals surface area contributed by atoms with Gasteiger partial charge in [0.15, 0.2) is 12.2 Å². The van der Waals surface area contributed by atoms with E-state index in [1.165, 1.54) is 161 Å². The maximum atomic E-state index is 13.0. The molecule has 0 rings (SSSR count). The van der Waals surface area contributed by atoms with Crippen molar-refractivity contribution in [1.82, 2.24) is 0 Å². The number of ether oxygens (including phenoxy) is 4. The lowest BCUT2D eigenvalue weighted by Crippen LogP contribution is -2.30. The lowest BCUT2D eigenvalue weighted by molar-refractivity contribution is -0.161. The highest BCUT2D eigenvalue weighted by Crippen LogP contribution is 2.45. The third-order valence-corrected chi connectivity index (χ3v) is 18.8. The molecule has 19 heteroatoms. The zero-order valence-corrected chi connectivity index (χ0v) is 59.7. The quantitative estimate of drug-likeness (QED) is 0.0222. The van der Waals surface area contributed by atoms with Crippen molar-refractivity contribution in [2.75, 3.05) is 39.6 Å². The number of carbonyl (C=O) groups is 4. The summed E-state index contributed by atoms with van der Waals surface area (Å²) in [5.41, 5.74) is 0. The van der Waals surface area contributed by atoms with Crippen molar-refractivity contribution in [3.63, 3.8) is 0 Å². The molecule has 0 spiro atoms. The minimum Gasteiger partial charge on any atom is -0.462 e. The van der Waals surface area contributed by atoms with Gasteiger partial charge in [-0.15, -0.1) is 0 Å². The Hall–Kier alpha value is -1.94. The Kier molecular flexibility index (Phi) is 59.6. The first-order chi connectivity index (χ1) is 42.8. The average Bonchev–Trinajstić information content (AvgIpc) is 3.55. The summed E-state index contributed by atoms with van der Waals surface area (Å²) in [6.07, 6.45) is 44.2. The largest absolute Gasteiger partial charge is 0.472 e. The fourth-order valence-electron chi connectivity index (χ4n) is 10.5. The Morgan fingerprint density at radius 2 is 0.573 bits per heavy atom. The lowest BCUT2D eigenvalue weighted by atomic mass is 9.99. The van der Waals surface area contributed by atoms with Gasteiger partial charge < -0.3 is 33.8 Å². The van der Waals surface area contributed by atoms with Crippen LogP contribution in [0, 0.1) is 17.8 Å². The number of phosphoric ester groups is 2. The molecule has 0 aliphatic heterocycles. The molecule has 17 nitrogen and oxygen atoms in total. The molecule has 4 unspecified atom stereocenters. The highest BCUT2D eigenvalue weighted by atomic mass is 31.2. The minimum atomic E-state index is -4.95. The summed E-state index contributed by atoms with van der Waals surface area (Å²) in [4.78, 5) is 72.5. The third kappa shape index (κ3) is 62.0. The highest BCUT2D eigenvalue weighted by molar-refractivity contribution is 7.47. The third-order valence-electron chi connectivity index (χ3n) is 16.9. The van der Waals surface area contributed by atoms with Crippen LogP contribution in [-0.2, 0) is 65.4 Å². The zero-order chi connectivity index (χ0) is 65.9. The summed E-state index contributed by atoms with van der Waals surface area (Å²) in [5.74, 6) is 0.204. The maximum Gasteiger partial charge on any atom is 0.472 e. The maximum absolute atomic E-state index is 13.0. The summed E-state index contributed by atoms with van der Waals surface area (Å²) >= 11 is 0. The zero-order valence-electron chi connectivity index (χ0n) is 57.9. The molecule has 0 aliphatic carbocycles. The molecule has 89 heavy (non-hydrogen) atoms. The second kappa shape index (κ2) is 61.0. The molecular formula is C70H136O17P2. The van der Waals surface area contributed by atoms with Gasteiger partial charge in [0.1, 0.15) is 19.3 Å². The van der Waals surface area contributed by atoms with Crippen LogP contribution in [0.3, 0.4) is 0 Å². The van der Waals surface area contributed by atoms with Gasteiger partial charge in [-0.1, -0.05) is 299 Å². The van der Waals surface area contributed by atoms with Crippen molar-refractivity contribution in [3.05, 3.63) is 0 Å². The van der Waals surface area contributed by atoms with Gasteiger partial charge in [-0.05, 0) is 43.4 Å². The van der Waals surface area contributed by atoms with Crippen molar-refractivity contribution < 1.29 is 80.2 Å². The van der Waals surface area contributed by atoms with E-state index in [1.54, 1.807) is 0 Å². The Morgan fingerprint density at radius 3 is 0.854 bits per heavy atom. The smallest absolute Gasteiger partial charge is 0.462 e. The predicted molar refractivity (Wildman–Crippen MR) is 358 cm³/mol. The van der Waals surface area contributed by atoms with Gasteiger partial charge in [0.05, 0.1) is 26.4 Å². The van der Waals surface area contributed by atoms with Crippen molar-refractivity contribution in [1.29, 1.82) is 0 Å². The molecule has 0 amide bonds. The Bertz CT molecular complexity index is 1750. The van der Waals surface area contributed by atoms with Gasteiger partial charge in [0, 0.05) is 25.7 Å². The number of unbranched alkanes of at least 4 members (excludes halogenated alkanes) is 34. The SMILES string of the molecule is CCCCCCCCCCCCC(=O)OC[C@H](COP(=O)(O)OC[C@H](O)COP(=O)(O)OC[C@@H](COC(=O)CCCCCCCCCCCCC(C)C)OC(=O)CCCCCCCCCCCCC(C)CC)OC(=O)CCCCCCCCCCC(C)CC. The molecule has 0 fully saturated rings. The molecule has 0 heterocycles. The summed E-state index contributed by atoms with van der Waals surface area (Å²) in [6, 6.07) is 0. The molecule has 528 valence electrons. The predicted octanol–water partition coefficient (Wildman–Crippen LogP) is 19.8. The van der Waals surface area contributed by atoms with E-state index in [4.69, 9.17) is 37.0 Å². The standard InChI is InChI=1S/C70H136O17P2/c1-8-11-12-13-14-15-22-30-37-44-51-67(72)80-58-66(87-70(75)54-47-40-33-26-25-29-36-43-50-63(7)10-3)60-85-89(78,79)83-56-64(71)55-82-88(76,77)84-59-65(57-81-68(73)52-45-38-31-23-18-16-20-27-34-41-48-61(4)5)86-69(74)53-46-39-32-24-19-17-21-28-35-42-49-62(6)9-2/h61-66,71H,8-60H2,1-7H3,(H,76,77)(H,78,79)/t62?,63?,64-,65-,66-/m1/s1. The molecule has 0 bridgehead atoms. The first kappa shape index (κ1) is 87.1. The van der Waals surface area contributed by atoms with Gasteiger partial charge in [-0.25, -0.2) is 9.13 Å². The first-order valence-electron chi connectivity index (χ1n) is 36.4. The summed E-state index contributed by atoms with van der Waals surface area (Å²) < 4.78 is 68.3. The van der Waals surface area contributed by atoms with Crippen molar-refractivity contribution in [2.45, 2.75) is 369 Å². The topological polar surface area (TPSA) is 237 Å². The fourth-order valence-corrected chi connectivity index (χ4v) is 12.1. The highest BCUT2D eigenvalue weighted by Gasteiger charge is 2.30. The van der Waals surface area contributed by atoms with Crippen molar-refractivity contribution in [3.8, 4) is 0 Å². The number of carbonyl (C=O) groups excluding carboxylic acids is 4. The van der Waals surface area contributed by atoms with E-state index in [2.05, 4.69) is 48.5 Å². The molecule has 0 saturated heterocycles. The van der Waals surface area contributed by atoms with E-state index >= 15 is 0 Å². The molecule has 7 atom stereocenters. The average molecular weight is 1310 g/mol. The van der Waals surface area contributed by atoms with Crippen LogP contribution in [0.5, 0.6) is 0 Å². The van der Waals surface area contributed by atoms with Crippen LogP contribution < -0.4 is 0 Å². The normalized spacial score (nSPS) is 14.8. The molecule has 0 aromatic heterocycles. The minimum absolute atomic E-state index is 0.105. The van der Waals surface area contributed by atoms with Crippen molar-refractivity contribution >= 4 is 39.5 Å². The van der Waals surface area contributed by atoms with Gasteiger partial charge in [0.2, 0.25) is 0 Å². The summed E-state index contributed by atoms with van der Waals surface area (Å²) in [5, 5.41) is 10.6. The number of phosphoric acid groups is 2. The second-order valence-corrected chi connectivity index (χ2v) is 29.1. The summed E-state index contributed by atoms with van der Waals surface area (Å²) in [6.45, 7) is 11.9. The molecule has 0 aromatic rings. The van der Waals surface area contributed by atoms with Gasteiger partial charge in [-0.2, -0.15) is 0 Å². The van der Waals surface area contributed by atoms with E-state index in [9.17, 15) is 43.2 Å². The van der Waals surface area contributed by atoms with E-state index in [0.717, 1.165) is 108 Å². The van der Waals surface area contributed by atoms with Gasteiger partial charge in [-0.3, -0.25) is 37.3 Å². The van der Waals surface area contributed by atoms with Gasteiger partial charge >= 0.3 is 39.5 Å². The number of hydrogen-bond donors (Lipinski definition) is 3.